The fraction of sp³-hybridized carbons (Fsp3) is 0.917. The Labute approximate surface area is 268 Å². The third-order valence-corrected chi connectivity index (χ3v) is 15.6. The van der Waals surface area contributed by atoms with Crippen LogP contribution in [0.15, 0.2) is 11.6 Å². The Morgan fingerprint density at radius 2 is 1.56 bits per heavy atom. The average molecular weight is 635 g/mol. The zero-order valence-corrected chi connectivity index (χ0v) is 28.3. The first-order valence-electron chi connectivity index (χ1n) is 17.4. The second-order valence-corrected chi connectivity index (χ2v) is 17.7. The number of ether oxygens (including phenoxy) is 2. The molecule has 6 rings (SSSR count). The number of fused-ring (bicyclic) bond motifs is 7. The van der Waals surface area contributed by atoms with Crippen molar-refractivity contribution in [2.75, 3.05) is 6.61 Å². The predicted octanol–water partition coefficient (Wildman–Crippen LogP) is 4.03. The Bertz CT molecular complexity index is 1220. The molecule has 0 aromatic heterocycles. The molecule has 0 spiro atoms. The fourth-order valence-corrected chi connectivity index (χ4v) is 11.9. The minimum atomic E-state index is -1.42. The van der Waals surface area contributed by atoms with Gasteiger partial charge >= 0.3 is 5.97 Å². The summed E-state index contributed by atoms with van der Waals surface area (Å²) < 4.78 is 11.9. The molecule has 256 valence electrons. The molecule has 0 aromatic rings. The summed E-state index contributed by atoms with van der Waals surface area (Å²) in [5, 5.41) is 64.7. The van der Waals surface area contributed by atoms with Gasteiger partial charge in [-0.1, -0.05) is 46.3 Å². The largest absolute Gasteiger partial charge is 0.481 e. The number of carboxylic acids is 1. The Hall–Kier alpha value is -1.07. The Morgan fingerprint density at radius 3 is 2.22 bits per heavy atom. The van der Waals surface area contributed by atoms with Gasteiger partial charge in [-0.05, 0) is 99.2 Å². The third kappa shape index (κ3) is 4.54. The van der Waals surface area contributed by atoms with E-state index < -0.39 is 65.1 Å². The van der Waals surface area contributed by atoms with Crippen molar-refractivity contribution in [1.29, 1.82) is 0 Å². The van der Waals surface area contributed by atoms with Crippen molar-refractivity contribution in [1.82, 2.24) is 0 Å². The van der Waals surface area contributed by atoms with Gasteiger partial charge in [0.15, 0.2) is 6.29 Å². The Morgan fingerprint density at radius 1 is 0.889 bits per heavy atom. The number of carbonyl (C=O) groups is 1. The van der Waals surface area contributed by atoms with Crippen LogP contribution in [0.5, 0.6) is 0 Å². The SMILES string of the molecule is C[C@@H]1O[C@@H](OC[C@]2(C)[C@@H](O)C[C@H](O)[C@@]3(C)[C@H]2CC[C@]2(C)[C@H]3CC=C3[C@@H]4C[C@](C)(C(=O)O)CC[C@]4(C)CC[C@]32C)[C@@H](O)[C@@H](O)[C@@H]1O. The van der Waals surface area contributed by atoms with Crippen LogP contribution in [0.1, 0.15) is 106 Å². The zero-order valence-electron chi connectivity index (χ0n) is 28.3. The smallest absolute Gasteiger partial charge is 0.309 e. The normalized spacial score (nSPS) is 57.9. The summed E-state index contributed by atoms with van der Waals surface area (Å²) in [6.07, 6.45) is 2.15. The lowest BCUT2D eigenvalue weighted by Gasteiger charge is -2.72. The van der Waals surface area contributed by atoms with E-state index in [2.05, 4.69) is 33.8 Å². The third-order valence-electron chi connectivity index (χ3n) is 15.6. The molecule has 45 heavy (non-hydrogen) atoms. The van der Waals surface area contributed by atoms with Gasteiger partial charge in [-0.25, -0.2) is 0 Å². The fourth-order valence-electron chi connectivity index (χ4n) is 11.9. The number of carboxylic acid groups (broad SMARTS) is 1. The van der Waals surface area contributed by atoms with E-state index in [1.165, 1.54) is 5.57 Å². The van der Waals surface area contributed by atoms with Crippen LogP contribution in [-0.4, -0.2) is 86.1 Å². The van der Waals surface area contributed by atoms with Gasteiger partial charge in [0.05, 0.1) is 30.3 Å². The summed E-state index contributed by atoms with van der Waals surface area (Å²) >= 11 is 0. The monoisotopic (exact) mass is 634 g/mol. The molecule has 1 aliphatic heterocycles. The first-order chi connectivity index (χ1) is 20.8. The highest BCUT2D eigenvalue weighted by Gasteiger charge is 2.70. The van der Waals surface area contributed by atoms with Crippen LogP contribution in [0.25, 0.3) is 0 Å². The molecule has 0 bridgehead atoms. The molecule has 5 aliphatic carbocycles. The number of aliphatic hydroxyl groups is 5. The highest BCUT2D eigenvalue weighted by molar-refractivity contribution is 5.74. The summed E-state index contributed by atoms with van der Waals surface area (Å²) in [5.74, 6) is -0.397. The average Bonchev–Trinajstić information content (AvgIpc) is 2.97. The van der Waals surface area contributed by atoms with E-state index >= 15 is 0 Å². The second kappa shape index (κ2) is 10.7. The minimum absolute atomic E-state index is 0.0760. The summed E-state index contributed by atoms with van der Waals surface area (Å²) in [5.41, 5.74) is -0.686. The molecular formula is C36H58O9. The summed E-state index contributed by atoms with van der Waals surface area (Å²) in [6.45, 7) is 15.1. The molecule has 6 aliphatic rings. The molecule has 1 saturated heterocycles. The van der Waals surface area contributed by atoms with Crippen LogP contribution in [-0.2, 0) is 14.3 Å². The minimum Gasteiger partial charge on any atom is -0.481 e. The van der Waals surface area contributed by atoms with Crippen LogP contribution in [0, 0.1) is 50.2 Å². The Balaban J connectivity index is 1.32. The van der Waals surface area contributed by atoms with E-state index in [1.54, 1.807) is 6.92 Å². The molecule has 1 heterocycles. The van der Waals surface area contributed by atoms with Crippen molar-refractivity contribution in [2.24, 2.45) is 50.2 Å². The number of rotatable bonds is 4. The van der Waals surface area contributed by atoms with Crippen molar-refractivity contribution in [3.8, 4) is 0 Å². The van der Waals surface area contributed by atoms with Crippen molar-refractivity contribution in [2.45, 2.75) is 149 Å². The van der Waals surface area contributed by atoms with Crippen LogP contribution >= 0.6 is 0 Å². The lowest BCUT2D eigenvalue weighted by atomic mass is 9.33. The van der Waals surface area contributed by atoms with Crippen molar-refractivity contribution in [3.05, 3.63) is 11.6 Å². The van der Waals surface area contributed by atoms with E-state index in [9.17, 15) is 35.4 Å². The molecule has 4 saturated carbocycles. The number of hydrogen-bond acceptors (Lipinski definition) is 8. The zero-order chi connectivity index (χ0) is 33.1. The van der Waals surface area contributed by atoms with Crippen molar-refractivity contribution in [3.63, 3.8) is 0 Å². The summed E-state index contributed by atoms with van der Waals surface area (Å²) in [4.78, 5) is 12.4. The van der Waals surface area contributed by atoms with E-state index in [0.717, 1.165) is 44.9 Å². The van der Waals surface area contributed by atoms with Gasteiger partial charge in [0.2, 0.25) is 0 Å². The van der Waals surface area contributed by atoms with E-state index in [-0.39, 0.29) is 47.0 Å². The molecule has 9 heteroatoms. The molecule has 0 unspecified atom stereocenters. The van der Waals surface area contributed by atoms with Gasteiger partial charge < -0.3 is 40.1 Å². The van der Waals surface area contributed by atoms with Gasteiger partial charge in [-0.15, -0.1) is 0 Å². The predicted molar refractivity (Wildman–Crippen MR) is 167 cm³/mol. The lowest BCUT2D eigenvalue weighted by molar-refractivity contribution is -0.314. The van der Waals surface area contributed by atoms with E-state index in [0.29, 0.717) is 6.42 Å². The van der Waals surface area contributed by atoms with Gasteiger partial charge in [0.25, 0.3) is 0 Å². The Kier molecular flexibility index (Phi) is 8.05. The molecule has 0 amide bonds. The summed E-state index contributed by atoms with van der Waals surface area (Å²) in [7, 11) is 0. The van der Waals surface area contributed by atoms with Crippen LogP contribution in [0.2, 0.25) is 0 Å². The molecular weight excluding hydrogens is 576 g/mol. The maximum absolute atomic E-state index is 12.4. The molecule has 6 N–H and O–H groups in total. The molecule has 5 fully saturated rings. The number of aliphatic hydroxyl groups excluding tert-OH is 5. The lowest BCUT2D eigenvalue weighted by Crippen LogP contribution is -2.69. The molecule has 0 aromatic carbocycles. The highest BCUT2D eigenvalue weighted by Crippen LogP contribution is 2.75. The number of allylic oxidation sites excluding steroid dienone is 2. The first kappa shape index (κ1) is 33.8. The highest BCUT2D eigenvalue weighted by atomic mass is 16.7. The molecule has 0 radical (unpaired) electrons. The second-order valence-electron chi connectivity index (χ2n) is 17.7. The topological polar surface area (TPSA) is 157 Å². The standard InChI is InChI=1S/C36H58O9/c1-19-26(39)27(40)28(41)29(45-19)44-18-33(4)22-10-11-35(6)23(36(22,7)25(38)16-24(33)37)9-8-20-21-17-32(3,30(42)43)13-12-31(21,2)14-15-34(20,35)5/h8,19,21-29,37-41H,9-18H2,1-7H3,(H,42,43)/t19-,21-,22-,23+,24-,25-,26+,27-,28-,29+,31+,32+,33-,34+,35+,36-/m0/s1. The quantitative estimate of drug-likeness (QED) is 0.251. The van der Waals surface area contributed by atoms with Gasteiger partial charge in [0.1, 0.15) is 18.3 Å². The number of aliphatic carboxylic acids is 1. The van der Waals surface area contributed by atoms with Crippen LogP contribution < -0.4 is 0 Å². The van der Waals surface area contributed by atoms with Crippen LogP contribution in [0.3, 0.4) is 0 Å². The van der Waals surface area contributed by atoms with Crippen molar-refractivity contribution < 1.29 is 44.9 Å². The first-order valence-corrected chi connectivity index (χ1v) is 17.4. The number of hydrogen-bond donors (Lipinski definition) is 6. The molecule has 16 atom stereocenters. The van der Waals surface area contributed by atoms with Crippen LogP contribution in [0.4, 0.5) is 0 Å². The van der Waals surface area contributed by atoms with Gasteiger partial charge in [-0.2, -0.15) is 0 Å². The van der Waals surface area contributed by atoms with Crippen molar-refractivity contribution >= 4 is 5.97 Å². The molecule has 9 nitrogen and oxygen atoms in total. The van der Waals surface area contributed by atoms with E-state index in [4.69, 9.17) is 9.47 Å². The summed E-state index contributed by atoms with van der Waals surface area (Å²) in [6, 6.07) is 0. The van der Waals surface area contributed by atoms with Gasteiger partial charge in [-0.3, -0.25) is 4.79 Å². The maximum Gasteiger partial charge on any atom is 0.309 e. The maximum atomic E-state index is 12.4. The van der Waals surface area contributed by atoms with E-state index in [1.807, 2.05) is 13.8 Å². The van der Waals surface area contributed by atoms with Gasteiger partial charge in [0, 0.05) is 17.3 Å².